The van der Waals surface area contributed by atoms with Crippen LogP contribution in [0.4, 0.5) is 10.5 Å². The number of aromatic nitrogens is 1. The standard InChI is InChI=1S/C12H11N3O2S/c1-17-12(16)15-11(18)14-10-6-2-5-9-8(10)4-3-7-13-9/h2-7H,1H3,(H2,14,15,16,18). The Balaban J connectivity index is 2.21. The summed E-state index contributed by atoms with van der Waals surface area (Å²) in [7, 11) is 1.28. The van der Waals surface area contributed by atoms with Gasteiger partial charge >= 0.3 is 6.09 Å². The summed E-state index contributed by atoms with van der Waals surface area (Å²) >= 11 is 5.00. The van der Waals surface area contributed by atoms with Gasteiger partial charge in [0.2, 0.25) is 0 Å². The molecule has 2 rings (SSSR count). The largest absolute Gasteiger partial charge is 0.453 e. The predicted molar refractivity (Wildman–Crippen MR) is 73.5 cm³/mol. The summed E-state index contributed by atoms with van der Waals surface area (Å²) in [6, 6.07) is 9.38. The average Bonchev–Trinajstić information content (AvgIpc) is 2.39. The molecule has 1 heterocycles. The number of carbonyl (C=O) groups is 1. The molecule has 6 heteroatoms. The van der Waals surface area contributed by atoms with Gasteiger partial charge in [0.1, 0.15) is 0 Å². The number of hydrogen-bond acceptors (Lipinski definition) is 4. The number of pyridine rings is 1. The Morgan fingerprint density at radius 3 is 2.94 bits per heavy atom. The second kappa shape index (κ2) is 5.42. The molecule has 0 aliphatic rings. The van der Waals surface area contributed by atoms with Crippen molar-refractivity contribution >= 4 is 40.0 Å². The lowest BCUT2D eigenvalue weighted by Crippen LogP contribution is -2.33. The highest BCUT2D eigenvalue weighted by Gasteiger charge is 2.06. The molecule has 1 aromatic carbocycles. The summed E-state index contributed by atoms with van der Waals surface area (Å²) in [5, 5.41) is 6.42. The van der Waals surface area contributed by atoms with Gasteiger partial charge in [0.15, 0.2) is 5.11 Å². The van der Waals surface area contributed by atoms with Crippen molar-refractivity contribution in [2.45, 2.75) is 0 Å². The number of hydrogen-bond donors (Lipinski definition) is 2. The molecular formula is C12H11N3O2S. The van der Waals surface area contributed by atoms with Crippen LogP contribution in [-0.4, -0.2) is 23.3 Å². The van der Waals surface area contributed by atoms with E-state index in [2.05, 4.69) is 20.4 Å². The fourth-order valence-electron chi connectivity index (χ4n) is 1.51. The number of nitrogens with zero attached hydrogens (tertiary/aromatic N) is 1. The molecule has 0 saturated carbocycles. The highest BCUT2D eigenvalue weighted by Crippen LogP contribution is 2.20. The van der Waals surface area contributed by atoms with E-state index < -0.39 is 6.09 Å². The van der Waals surface area contributed by atoms with Crippen LogP contribution in [0.2, 0.25) is 0 Å². The number of nitrogens with one attached hydrogen (secondary N) is 2. The van der Waals surface area contributed by atoms with E-state index in [1.165, 1.54) is 7.11 Å². The van der Waals surface area contributed by atoms with Crippen LogP contribution in [0.3, 0.4) is 0 Å². The second-order valence-corrected chi connectivity index (χ2v) is 3.85. The molecule has 0 spiro atoms. The summed E-state index contributed by atoms with van der Waals surface area (Å²) in [6.07, 6.45) is 1.11. The van der Waals surface area contributed by atoms with Gasteiger partial charge in [0.05, 0.1) is 12.6 Å². The molecule has 2 N–H and O–H groups in total. The highest BCUT2D eigenvalue weighted by atomic mass is 32.1. The number of methoxy groups -OCH3 is 1. The van der Waals surface area contributed by atoms with E-state index in [-0.39, 0.29) is 5.11 Å². The van der Waals surface area contributed by atoms with E-state index in [4.69, 9.17) is 12.2 Å². The monoisotopic (exact) mass is 261 g/mol. The number of alkyl carbamates (subject to hydrolysis) is 1. The predicted octanol–water partition coefficient (Wildman–Crippen LogP) is 2.29. The van der Waals surface area contributed by atoms with Crippen LogP contribution in [0.25, 0.3) is 10.9 Å². The number of benzene rings is 1. The fraction of sp³-hybridized carbons (Fsp3) is 0.0833. The van der Waals surface area contributed by atoms with Crippen molar-refractivity contribution in [2.75, 3.05) is 12.4 Å². The van der Waals surface area contributed by atoms with Crippen molar-refractivity contribution in [3.8, 4) is 0 Å². The Morgan fingerprint density at radius 2 is 2.17 bits per heavy atom. The minimum absolute atomic E-state index is 0.179. The van der Waals surface area contributed by atoms with E-state index in [1.807, 2.05) is 30.3 Å². The number of fused-ring (bicyclic) bond motifs is 1. The van der Waals surface area contributed by atoms with Crippen molar-refractivity contribution < 1.29 is 9.53 Å². The number of carbonyl (C=O) groups excluding carboxylic acids is 1. The first-order chi connectivity index (χ1) is 8.70. The first-order valence-electron chi connectivity index (χ1n) is 5.20. The third-order valence-corrected chi connectivity index (χ3v) is 2.50. The highest BCUT2D eigenvalue weighted by molar-refractivity contribution is 7.80. The molecule has 0 aliphatic carbocycles. The van der Waals surface area contributed by atoms with Gasteiger partial charge in [-0.25, -0.2) is 4.79 Å². The van der Waals surface area contributed by atoms with Crippen LogP contribution in [-0.2, 0) is 4.74 Å². The molecule has 0 unspecified atom stereocenters. The maximum absolute atomic E-state index is 11.0. The molecule has 1 amide bonds. The van der Waals surface area contributed by atoms with Crippen LogP contribution in [0, 0.1) is 0 Å². The SMILES string of the molecule is COC(=O)NC(=S)Nc1cccc2ncccc12. The Labute approximate surface area is 109 Å². The zero-order valence-corrected chi connectivity index (χ0v) is 10.5. The Hall–Kier alpha value is -2.21. The summed E-state index contributed by atoms with van der Waals surface area (Å²) < 4.78 is 4.46. The third-order valence-electron chi connectivity index (χ3n) is 2.29. The molecule has 0 atom stereocenters. The van der Waals surface area contributed by atoms with Crippen LogP contribution >= 0.6 is 12.2 Å². The van der Waals surface area contributed by atoms with E-state index >= 15 is 0 Å². The van der Waals surface area contributed by atoms with E-state index in [1.54, 1.807) is 6.20 Å². The zero-order valence-electron chi connectivity index (χ0n) is 9.64. The molecular weight excluding hydrogens is 250 g/mol. The summed E-state index contributed by atoms with van der Waals surface area (Å²) in [5.41, 5.74) is 1.63. The molecule has 0 saturated heterocycles. The third kappa shape index (κ3) is 2.72. The minimum Gasteiger partial charge on any atom is -0.453 e. The summed E-state index contributed by atoms with van der Waals surface area (Å²) in [6.45, 7) is 0. The Kier molecular flexibility index (Phi) is 3.69. The van der Waals surface area contributed by atoms with Gasteiger partial charge < -0.3 is 10.1 Å². The van der Waals surface area contributed by atoms with Gasteiger partial charge in [-0.05, 0) is 36.5 Å². The van der Waals surface area contributed by atoms with Crippen molar-refractivity contribution in [3.63, 3.8) is 0 Å². The summed E-state index contributed by atoms with van der Waals surface area (Å²) in [5.74, 6) is 0. The van der Waals surface area contributed by atoms with E-state index in [0.717, 1.165) is 16.6 Å². The number of amides is 1. The number of ether oxygens (including phenoxy) is 1. The molecule has 92 valence electrons. The molecule has 5 nitrogen and oxygen atoms in total. The molecule has 2 aromatic rings. The first kappa shape index (κ1) is 12.3. The van der Waals surface area contributed by atoms with Gasteiger partial charge in [0, 0.05) is 17.3 Å². The first-order valence-corrected chi connectivity index (χ1v) is 5.61. The van der Waals surface area contributed by atoms with Gasteiger partial charge in [-0.1, -0.05) is 6.07 Å². The smallest absolute Gasteiger partial charge is 0.413 e. The van der Waals surface area contributed by atoms with Crippen LogP contribution in [0.5, 0.6) is 0 Å². The van der Waals surface area contributed by atoms with Crippen LogP contribution in [0.15, 0.2) is 36.5 Å². The summed E-state index contributed by atoms with van der Waals surface area (Å²) in [4.78, 5) is 15.2. The van der Waals surface area contributed by atoms with E-state index in [0.29, 0.717) is 0 Å². The van der Waals surface area contributed by atoms with Gasteiger partial charge in [-0.15, -0.1) is 0 Å². The van der Waals surface area contributed by atoms with Crippen molar-refractivity contribution in [1.82, 2.24) is 10.3 Å². The second-order valence-electron chi connectivity index (χ2n) is 3.45. The molecule has 0 radical (unpaired) electrons. The molecule has 0 fully saturated rings. The van der Waals surface area contributed by atoms with Gasteiger partial charge in [-0.2, -0.15) is 0 Å². The lowest BCUT2D eigenvalue weighted by Gasteiger charge is -2.10. The quantitative estimate of drug-likeness (QED) is 0.771. The maximum atomic E-state index is 11.0. The van der Waals surface area contributed by atoms with Crippen molar-refractivity contribution in [3.05, 3.63) is 36.5 Å². The molecule has 1 aromatic heterocycles. The average molecular weight is 261 g/mol. The van der Waals surface area contributed by atoms with Crippen molar-refractivity contribution in [2.24, 2.45) is 0 Å². The van der Waals surface area contributed by atoms with Gasteiger partial charge in [-0.3, -0.25) is 10.3 Å². The number of anilines is 1. The maximum Gasteiger partial charge on any atom is 0.413 e. The Morgan fingerprint density at radius 1 is 1.33 bits per heavy atom. The van der Waals surface area contributed by atoms with Gasteiger partial charge in [0.25, 0.3) is 0 Å². The Bertz CT molecular complexity index is 595. The normalized spacial score (nSPS) is 9.83. The fourth-order valence-corrected chi connectivity index (χ4v) is 1.70. The molecule has 0 aliphatic heterocycles. The lowest BCUT2D eigenvalue weighted by molar-refractivity contribution is 0.177. The topological polar surface area (TPSA) is 63.2 Å². The number of thiocarbonyl (C=S) groups is 1. The minimum atomic E-state index is -0.606. The molecule has 0 bridgehead atoms. The molecule has 18 heavy (non-hydrogen) atoms. The van der Waals surface area contributed by atoms with Crippen LogP contribution in [0.1, 0.15) is 0 Å². The van der Waals surface area contributed by atoms with Crippen LogP contribution < -0.4 is 10.6 Å². The van der Waals surface area contributed by atoms with Crippen molar-refractivity contribution in [1.29, 1.82) is 0 Å². The zero-order chi connectivity index (χ0) is 13.0. The lowest BCUT2D eigenvalue weighted by atomic mass is 10.2. The van der Waals surface area contributed by atoms with E-state index in [9.17, 15) is 4.79 Å². The number of rotatable bonds is 1.